The third-order valence-electron chi connectivity index (χ3n) is 4.05. The van der Waals surface area contributed by atoms with Crippen LogP contribution >= 0.6 is 0 Å². The van der Waals surface area contributed by atoms with E-state index in [2.05, 4.69) is 125 Å². The Kier molecular flexibility index (Phi) is 174. The zero-order valence-electron chi connectivity index (χ0n) is 42.8. The molecule has 0 aromatic rings. The van der Waals surface area contributed by atoms with Gasteiger partial charge in [-0.15, -0.1) is 0 Å². The van der Waals surface area contributed by atoms with E-state index in [1.807, 2.05) is 13.8 Å². The molecule has 342 valence electrons. The monoisotopic (exact) mass is 803 g/mol. The summed E-state index contributed by atoms with van der Waals surface area (Å²) in [5, 5.41) is 0. The maximum absolute atomic E-state index is 10.2. The summed E-state index contributed by atoms with van der Waals surface area (Å²) < 4.78 is 20.5. The van der Waals surface area contributed by atoms with Gasteiger partial charge in [0.05, 0.1) is 6.42 Å². The molecule has 0 aliphatic rings. The minimum Gasteiger partial charge on any atom is -0.300 e. The summed E-state index contributed by atoms with van der Waals surface area (Å²) in [6.07, 6.45) is 25.0. The van der Waals surface area contributed by atoms with E-state index < -0.39 is 9.84 Å². The number of sulfone groups is 1. The summed E-state index contributed by atoms with van der Waals surface area (Å²) >= 11 is 0. The van der Waals surface area contributed by atoms with Crippen LogP contribution in [-0.4, -0.2) is 37.8 Å². The Hall–Kier alpha value is -1.04. The molecule has 0 aromatic carbocycles. The standard InChI is InChI=1S/C6H14.C5H8O2.C5H10O.2C5H12.C4H10O2S.6C3H8/c1-3-5-6-4-2;1-4(6)3-5(2)7;1-3-4-5(2)6;2*1-3-5-4-2;1-3-4-7(2,5)6;6*1-3-2/h3-6H2,1-2H3;3H2,1-2H3;3-4H2,1-2H3;2*3-5H2,1-2H3;3-4H2,1-2H3;6*3H2,1-2H3. The van der Waals surface area contributed by atoms with Gasteiger partial charge in [0.15, 0.2) is 0 Å². The maximum Gasteiger partial charge on any atom is 0.147 e. The number of rotatable bonds is 13. The largest absolute Gasteiger partial charge is 0.300 e. The summed E-state index contributed by atoms with van der Waals surface area (Å²) in [5.74, 6) is 0.477. The van der Waals surface area contributed by atoms with Crippen LogP contribution in [-0.2, 0) is 24.2 Å². The van der Waals surface area contributed by atoms with Crippen molar-refractivity contribution < 1.29 is 22.8 Å². The molecule has 0 aliphatic heterocycles. The number of carbonyl (C=O) groups is 3. The molecule has 0 atom stereocenters. The Morgan fingerprint density at radius 1 is 0.333 bits per heavy atom. The van der Waals surface area contributed by atoms with Crippen molar-refractivity contribution in [2.24, 2.45) is 0 Å². The quantitative estimate of drug-likeness (QED) is 0.137. The van der Waals surface area contributed by atoms with Gasteiger partial charge in [0.1, 0.15) is 27.2 Å². The van der Waals surface area contributed by atoms with Crippen LogP contribution in [0.15, 0.2) is 0 Å². The van der Waals surface area contributed by atoms with E-state index in [0.717, 1.165) is 19.3 Å². The maximum atomic E-state index is 10.2. The van der Waals surface area contributed by atoms with Gasteiger partial charge < -0.3 is 4.79 Å². The highest BCUT2D eigenvalue weighted by Gasteiger charge is 1.95. The van der Waals surface area contributed by atoms with E-state index in [-0.39, 0.29) is 23.8 Å². The second-order valence-electron chi connectivity index (χ2n) is 13.3. The molecule has 0 unspecified atom stereocenters. The highest BCUT2D eigenvalue weighted by atomic mass is 32.2. The van der Waals surface area contributed by atoms with Gasteiger partial charge in [-0.05, 0) is 33.6 Å². The first-order valence-corrected chi connectivity index (χ1v) is 24.9. The number of unbranched alkanes of at least 4 members (excludes halogenated alkanes) is 7. The molecule has 0 aliphatic carbocycles. The Balaban J connectivity index is -0.0000000362. The van der Waals surface area contributed by atoms with Crippen LogP contribution in [0.5, 0.6) is 0 Å². The van der Waals surface area contributed by atoms with Crippen molar-refractivity contribution >= 4 is 27.2 Å². The molecule has 0 bridgehead atoms. The molecule has 0 aromatic heterocycles. The Labute approximate surface area is 348 Å². The van der Waals surface area contributed by atoms with Crippen molar-refractivity contribution in [3.8, 4) is 0 Å². The summed E-state index contributed by atoms with van der Waals surface area (Å²) in [6.45, 7) is 47.1. The first kappa shape index (κ1) is 85.2. The first-order valence-electron chi connectivity index (χ1n) is 22.8. The van der Waals surface area contributed by atoms with Crippen molar-refractivity contribution in [2.75, 3.05) is 12.0 Å². The second-order valence-corrected chi connectivity index (χ2v) is 15.6. The topological polar surface area (TPSA) is 85.3 Å². The number of carbonyl (C=O) groups excluding carboxylic acids is 3. The summed E-state index contributed by atoms with van der Waals surface area (Å²) in [7, 11) is -2.67. The van der Waals surface area contributed by atoms with Gasteiger partial charge in [-0.25, -0.2) is 8.42 Å². The molecule has 0 amide bonds. The molecule has 6 heteroatoms. The fraction of sp³-hybridized carbons (Fsp3) is 0.938. The lowest BCUT2D eigenvalue weighted by atomic mass is 10.2. The van der Waals surface area contributed by atoms with E-state index in [9.17, 15) is 22.8 Å². The summed E-state index contributed by atoms with van der Waals surface area (Å²) in [5.41, 5.74) is 0. The minimum absolute atomic E-state index is 0.0625. The molecule has 0 rings (SSSR count). The van der Waals surface area contributed by atoms with Gasteiger partial charge in [0.25, 0.3) is 0 Å². The van der Waals surface area contributed by atoms with Crippen molar-refractivity contribution in [2.45, 2.75) is 288 Å². The Morgan fingerprint density at radius 3 is 0.556 bits per heavy atom. The van der Waals surface area contributed by atoms with Crippen LogP contribution in [0, 0.1) is 0 Å². The highest BCUT2D eigenvalue weighted by molar-refractivity contribution is 7.90. The van der Waals surface area contributed by atoms with Crippen LogP contribution in [0.1, 0.15) is 288 Å². The van der Waals surface area contributed by atoms with Gasteiger partial charge in [0.2, 0.25) is 0 Å². The lowest BCUT2D eigenvalue weighted by molar-refractivity contribution is -0.124. The molecule has 0 N–H and O–H groups in total. The zero-order chi connectivity index (χ0) is 46.1. The lowest BCUT2D eigenvalue weighted by Gasteiger charge is -1.87. The molecular weight excluding hydrogens is 689 g/mol. The normalized spacial score (nSPS) is 8.07. The van der Waals surface area contributed by atoms with Gasteiger partial charge in [0, 0.05) is 18.4 Å². The van der Waals surface area contributed by atoms with Crippen LogP contribution in [0.3, 0.4) is 0 Å². The van der Waals surface area contributed by atoms with E-state index in [4.69, 9.17) is 0 Å². The van der Waals surface area contributed by atoms with Crippen molar-refractivity contribution in [1.82, 2.24) is 0 Å². The number of hydrogen-bond donors (Lipinski definition) is 0. The highest BCUT2D eigenvalue weighted by Crippen LogP contribution is 1.95. The van der Waals surface area contributed by atoms with E-state index in [1.165, 1.54) is 123 Å². The Morgan fingerprint density at radius 2 is 0.537 bits per heavy atom. The van der Waals surface area contributed by atoms with Gasteiger partial charge in [-0.1, -0.05) is 241 Å². The summed E-state index contributed by atoms with van der Waals surface area (Å²) in [6, 6.07) is 0. The molecule has 5 nitrogen and oxygen atoms in total. The third kappa shape index (κ3) is 442. The minimum atomic E-state index is -2.67. The van der Waals surface area contributed by atoms with E-state index in [1.54, 1.807) is 6.92 Å². The molecular formula is C48H114O5S. The molecule has 0 saturated carbocycles. The average molecular weight is 804 g/mol. The smallest absolute Gasteiger partial charge is 0.147 e. The third-order valence-corrected chi connectivity index (χ3v) is 5.20. The van der Waals surface area contributed by atoms with E-state index >= 15 is 0 Å². The number of Topliss-reactive ketones (excluding diaryl/α,β-unsaturated/α-hetero) is 3. The average Bonchev–Trinajstić information content (AvgIpc) is 3.03. The SMILES string of the molecule is CC(=O)CC(C)=O.CCC.CCC.CCC.CCC.CCC.CCC.CCCC(C)=O.CCCCC.CCCCC.CCCCCC.CCCS(C)(=O)=O. The van der Waals surface area contributed by atoms with Crippen LogP contribution in [0.2, 0.25) is 0 Å². The van der Waals surface area contributed by atoms with Crippen molar-refractivity contribution in [3.63, 3.8) is 0 Å². The van der Waals surface area contributed by atoms with Crippen LogP contribution in [0.25, 0.3) is 0 Å². The van der Waals surface area contributed by atoms with Gasteiger partial charge in [-0.3, -0.25) is 9.59 Å². The number of hydrogen-bond acceptors (Lipinski definition) is 5. The number of ketones is 3. The zero-order valence-corrected chi connectivity index (χ0v) is 43.6. The lowest BCUT2D eigenvalue weighted by Crippen LogP contribution is -2.00. The Bertz CT molecular complexity index is 573. The molecule has 0 saturated heterocycles. The molecule has 0 heterocycles. The predicted octanol–water partition coefficient (Wildman–Crippen LogP) is 17.8. The van der Waals surface area contributed by atoms with E-state index in [0.29, 0.717) is 5.75 Å². The van der Waals surface area contributed by atoms with Crippen molar-refractivity contribution in [3.05, 3.63) is 0 Å². The fourth-order valence-electron chi connectivity index (χ4n) is 2.28. The molecule has 0 fully saturated rings. The molecule has 0 radical (unpaired) electrons. The van der Waals surface area contributed by atoms with Gasteiger partial charge >= 0.3 is 0 Å². The molecule has 0 spiro atoms. The van der Waals surface area contributed by atoms with Crippen molar-refractivity contribution in [1.29, 1.82) is 0 Å². The molecule has 54 heavy (non-hydrogen) atoms. The first-order chi connectivity index (χ1) is 25.2. The van der Waals surface area contributed by atoms with Crippen LogP contribution < -0.4 is 0 Å². The summed E-state index contributed by atoms with van der Waals surface area (Å²) in [4.78, 5) is 30.1. The predicted molar refractivity (Wildman–Crippen MR) is 258 cm³/mol. The second kappa shape index (κ2) is 110. The fourth-order valence-corrected chi connectivity index (χ4v) is 3.02. The van der Waals surface area contributed by atoms with Crippen LogP contribution in [0.4, 0.5) is 0 Å². The van der Waals surface area contributed by atoms with Gasteiger partial charge in [-0.2, -0.15) is 0 Å².